The molecule has 0 spiro atoms. The molecule has 138 valence electrons. The van der Waals surface area contributed by atoms with Crippen LogP contribution in [0.5, 0.6) is 5.75 Å². The molecule has 0 aliphatic carbocycles. The summed E-state index contributed by atoms with van der Waals surface area (Å²) in [4.78, 5) is 10.5. The fraction of sp³-hybridized carbons (Fsp3) is 0.250. The first kappa shape index (κ1) is 19.6. The number of hydrogen-bond acceptors (Lipinski definition) is 2. The standard InChI is InChI=1S/C20H19F3O3/c21-14-2-1-3-15-4-9-17(10-5-15)20(22,23)26-18-11-6-16(7-12-18)8-13-19(24)25/h4-13H,1-3,14H2,(H,24,25)/b13-8+. The van der Waals surface area contributed by atoms with Crippen LogP contribution in [0.1, 0.15) is 29.5 Å². The molecule has 0 unspecified atom stereocenters. The van der Waals surface area contributed by atoms with E-state index >= 15 is 0 Å². The summed E-state index contributed by atoms with van der Waals surface area (Å²) in [5, 5.41) is 8.56. The fourth-order valence-corrected chi connectivity index (χ4v) is 2.31. The van der Waals surface area contributed by atoms with Gasteiger partial charge < -0.3 is 9.84 Å². The molecule has 2 rings (SSSR count). The van der Waals surface area contributed by atoms with Gasteiger partial charge in [0.05, 0.1) is 12.2 Å². The maximum atomic E-state index is 14.3. The molecule has 0 atom stereocenters. The molecule has 0 fully saturated rings. The third-order valence-electron chi connectivity index (χ3n) is 3.68. The summed E-state index contributed by atoms with van der Waals surface area (Å²) >= 11 is 0. The van der Waals surface area contributed by atoms with Gasteiger partial charge in [0.1, 0.15) is 5.75 Å². The SMILES string of the molecule is O=C(O)/C=C/c1ccc(OC(F)(F)c2ccc(CCCCF)cc2)cc1. The van der Waals surface area contributed by atoms with Crippen LogP contribution < -0.4 is 4.74 Å². The summed E-state index contributed by atoms with van der Waals surface area (Å²) in [6.07, 6.45) is 0.577. The molecule has 0 radical (unpaired) electrons. The number of unbranched alkanes of at least 4 members (excludes halogenated alkanes) is 1. The monoisotopic (exact) mass is 364 g/mol. The average molecular weight is 364 g/mol. The second kappa shape index (κ2) is 9.08. The van der Waals surface area contributed by atoms with E-state index in [4.69, 9.17) is 9.84 Å². The number of halogens is 3. The number of benzene rings is 2. The number of hydrogen-bond donors (Lipinski definition) is 1. The van der Waals surface area contributed by atoms with Crippen LogP contribution in [0, 0.1) is 0 Å². The van der Waals surface area contributed by atoms with Gasteiger partial charge in [-0.15, -0.1) is 0 Å². The molecule has 0 aliphatic heterocycles. The largest absolute Gasteiger partial charge is 0.478 e. The molecular weight excluding hydrogens is 345 g/mol. The summed E-state index contributed by atoms with van der Waals surface area (Å²) < 4.78 is 45.4. The number of aryl methyl sites for hydroxylation is 1. The molecule has 0 bridgehead atoms. The lowest BCUT2D eigenvalue weighted by atomic mass is 10.1. The van der Waals surface area contributed by atoms with Gasteiger partial charge in [0, 0.05) is 6.08 Å². The van der Waals surface area contributed by atoms with Gasteiger partial charge in [-0.25, -0.2) is 4.79 Å². The lowest BCUT2D eigenvalue weighted by Gasteiger charge is -2.18. The molecule has 2 aromatic rings. The molecule has 1 N–H and O–H groups in total. The van der Waals surface area contributed by atoms with Crippen LogP contribution in [0.3, 0.4) is 0 Å². The van der Waals surface area contributed by atoms with E-state index in [-0.39, 0.29) is 18.0 Å². The lowest BCUT2D eigenvalue weighted by Crippen LogP contribution is -2.21. The number of aliphatic carboxylic acids is 1. The maximum absolute atomic E-state index is 14.3. The van der Waals surface area contributed by atoms with Crippen molar-refractivity contribution in [2.45, 2.75) is 25.4 Å². The van der Waals surface area contributed by atoms with Crippen molar-refractivity contribution in [2.24, 2.45) is 0 Å². The Labute approximate surface area is 149 Å². The highest BCUT2D eigenvalue weighted by Gasteiger charge is 2.34. The Morgan fingerprint density at radius 1 is 1.04 bits per heavy atom. The predicted octanol–water partition coefficient (Wildman–Crippen LogP) is 5.20. The van der Waals surface area contributed by atoms with E-state index < -0.39 is 12.1 Å². The Bertz CT molecular complexity index is 738. The van der Waals surface area contributed by atoms with Gasteiger partial charge in [-0.1, -0.05) is 24.3 Å². The van der Waals surface area contributed by atoms with Crippen LogP contribution in [0.25, 0.3) is 6.08 Å². The normalized spacial score (nSPS) is 11.7. The van der Waals surface area contributed by atoms with E-state index in [9.17, 15) is 18.0 Å². The maximum Gasteiger partial charge on any atom is 0.426 e. The summed E-state index contributed by atoms with van der Waals surface area (Å²) in [6, 6.07) is 11.4. The predicted molar refractivity (Wildman–Crippen MR) is 93.0 cm³/mol. The minimum atomic E-state index is -3.50. The summed E-state index contributed by atoms with van der Waals surface area (Å²) in [5.74, 6) is -1.13. The highest BCUT2D eigenvalue weighted by atomic mass is 19.3. The molecule has 26 heavy (non-hydrogen) atoms. The van der Waals surface area contributed by atoms with Crippen LogP contribution in [0.2, 0.25) is 0 Å². The number of ether oxygens (including phenoxy) is 1. The fourth-order valence-electron chi connectivity index (χ4n) is 2.31. The molecule has 0 saturated heterocycles. The number of rotatable bonds is 9. The molecule has 0 aromatic heterocycles. The summed E-state index contributed by atoms with van der Waals surface area (Å²) in [7, 11) is 0. The Morgan fingerprint density at radius 2 is 1.69 bits per heavy atom. The second-order valence-corrected chi connectivity index (χ2v) is 5.70. The number of carboxylic acids is 1. The van der Waals surface area contributed by atoms with Crippen LogP contribution in [-0.4, -0.2) is 17.8 Å². The number of alkyl halides is 3. The van der Waals surface area contributed by atoms with E-state index in [1.807, 2.05) is 0 Å². The van der Waals surface area contributed by atoms with E-state index in [1.165, 1.54) is 42.5 Å². The molecule has 0 heterocycles. The van der Waals surface area contributed by atoms with Crippen molar-refractivity contribution in [2.75, 3.05) is 6.67 Å². The van der Waals surface area contributed by atoms with Gasteiger partial charge in [-0.2, -0.15) is 8.78 Å². The van der Waals surface area contributed by atoms with Crippen molar-refractivity contribution in [1.29, 1.82) is 0 Å². The van der Waals surface area contributed by atoms with Crippen LogP contribution >= 0.6 is 0 Å². The first-order valence-electron chi connectivity index (χ1n) is 8.14. The quantitative estimate of drug-likeness (QED) is 0.491. The zero-order valence-electron chi connectivity index (χ0n) is 14.0. The molecule has 0 aliphatic rings. The molecule has 2 aromatic carbocycles. The van der Waals surface area contributed by atoms with E-state index in [2.05, 4.69) is 0 Å². The van der Waals surface area contributed by atoms with Gasteiger partial charge >= 0.3 is 12.1 Å². The zero-order chi connectivity index (χ0) is 19.0. The zero-order valence-corrected chi connectivity index (χ0v) is 14.0. The average Bonchev–Trinajstić information content (AvgIpc) is 2.61. The van der Waals surface area contributed by atoms with Gasteiger partial charge in [-0.3, -0.25) is 4.39 Å². The van der Waals surface area contributed by atoms with Crippen molar-refractivity contribution < 1.29 is 27.8 Å². The van der Waals surface area contributed by atoms with Gasteiger partial charge in [-0.05, 0) is 60.7 Å². The van der Waals surface area contributed by atoms with Crippen LogP contribution in [0.4, 0.5) is 13.2 Å². The first-order valence-corrected chi connectivity index (χ1v) is 8.14. The third kappa shape index (κ3) is 5.95. The van der Waals surface area contributed by atoms with Gasteiger partial charge in [0.15, 0.2) is 0 Å². The minimum absolute atomic E-state index is 0.0329. The van der Waals surface area contributed by atoms with Crippen LogP contribution in [0.15, 0.2) is 54.6 Å². The second-order valence-electron chi connectivity index (χ2n) is 5.70. The smallest absolute Gasteiger partial charge is 0.426 e. The molecule has 0 amide bonds. The van der Waals surface area contributed by atoms with Crippen molar-refractivity contribution in [3.8, 4) is 5.75 Å². The molecular formula is C20H19F3O3. The first-order chi connectivity index (χ1) is 12.4. The van der Waals surface area contributed by atoms with E-state index in [0.29, 0.717) is 24.8 Å². The Morgan fingerprint density at radius 3 is 2.27 bits per heavy atom. The summed E-state index contributed by atoms with van der Waals surface area (Å²) in [6.45, 7) is -0.380. The van der Waals surface area contributed by atoms with Crippen molar-refractivity contribution >= 4 is 12.0 Å². The van der Waals surface area contributed by atoms with E-state index in [1.54, 1.807) is 12.1 Å². The Balaban J connectivity index is 2.02. The molecule has 3 nitrogen and oxygen atoms in total. The van der Waals surface area contributed by atoms with Crippen molar-refractivity contribution in [1.82, 2.24) is 0 Å². The third-order valence-corrected chi connectivity index (χ3v) is 3.68. The summed E-state index contributed by atoms with van der Waals surface area (Å²) in [5.41, 5.74) is 1.15. The lowest BCUT2D eigenvalue weighted by molar-refractivity contribution is -0.185. The molecule has 0 saturated carbocycles. The van der Waals surface area contributed by atoms with E-state index in [0.717, 1.165) is 11.6 Å². The molecule has 6 heteroatoms. The Kier molecular flexibility index (Phi) is 6.83. The van der Waals surface area contributed by atoms with Gasteiger partial charge in [0.25, 0.3) is 0 Å². The number of carbonyl (C=O) groups is 1. The van der Waals surface area contributed by atoms with Crippen molar-refractivity contribution in [3.63, 3.8) is 0 Å². The highest BCUT2D eigenvalue weighted by molar-refractivity contribution is 5.85. The topological polar surface area (TPSA) is 46.5 Å². The highest BCUT2D eigenvalue weighted by Crippen LogP contribution is 2.32. The van der Waals surface area contributed by atoms with Gasteiger partial charge in [0.2, 0.25) is 0 Å². The van der Waals surface area contributed by atoms with Crippen molar-refractivity contribution in [3.05, 3.63) is 71.3 Å². The van der Waals surface area contributed by atoms with Crippen LogP contribution in [-0.2, 0) is 17.3 Å². The Hall–Kier alpha value is -2.76. The minimum Gasteiger partial charge on any atom is -0.478 e. The number of carboxylic acid groups (broad SMARTS) is 1.